The second-order valence-corrected chi connectivity index (χ2v) is 7.49. The van der Waals surface area contributed by atoms with Crippen LogP contribution in [0.1, 0.15) is 19.4 Å². The van der Waals surface area contributed by atoms with Crippen molar-refractivity contribution in [2.75, 3.05) is 17.6 Å². The van der Waals surface area contributed by atoms with E-state index in [4.69, 9.17) is 0 Å². The lowest BCUT2D eigenvalue weighted by Crippen LogP contribution is -2.35. The summed E-state index contributed by atoms with van der Waals surface area (Å²) in [4.78, 5) is 0. The van der Waals surface area contributed by atoms with Crippen molar-refractivity contribution >= 4 is 26.0 Å². The predicted octanol–water partition coefficient (Wildman–Crippen LogP) is 2.87. The van der Waals surface area contributed by atoms with Crippen LogP contribution in [0.2, 0.25) is 0 Å². The fourth-order valence-electron chi connectivity index (χ4n) is 1.72. The van der Waals surface area contributed by atoms with E-state index < -0.39 is 10.0 Å². The molecule has 0 fully saturated rings. The Morgan fingerprint density at radius 2 is 1.83 bits per heavy atom. The largest absolute Gasteiger partial charge is 0.214 e. The van der Waals surface area contributed by atoms with Gasteiger partial charge in [0.25, 0.3) is 0 Å². The number of nitrogens with zero attached hydrogens (tertiary/aromatic N) is 1. The van der Waals surface area contributed by atoms with Gasteiger partial charge in [-0.1, -0.05) is 60.1 Å². The van der Waals surface area contributed by atoms with E-state index in [2.05, 4.69) is 15.9 Å². The van der Waals surface area contributed by atoms with E-state index in [-0.39, 0.29) is 11.7 Å². The monoisotopic (exact) mass is 333 g/mol. The fourth-order valence-corrected chi connectivity index (χ4v) is 4.16. The molecule has 0 radical (unpaired) electrons. The Morgan fingerprint density at radius 3 is 2.33 bits per heavy atom. The van der Waals surface area contributed by atoms with Crippen molar-refractivity contribution in [2.45, 2.75) is 20.4 Å². The maximum atomic E-state index is 12.2. The van der Waals surface area contributed by atoms with Gasteiger partial charge in [-0.05, 0) is 11.5 Å². The highest BCUT2D eigenvalue weighted by molar-refractivity contribution is 9.09. The Morgan fingerprint density at radius 1 is 1.22 bits per heavy atom. The number of hydrogen-bond donors (Lipinski definition) is 0. The van der Waals surface area contributed by atoms with Gasteiger partial charge in [0.05, 0.1) is 5.75 Å². The van der Waals surface area contributed by atoms with Crippen LogP contribution in [0.3, 0.4) is 0 Å². The summed E-state index contributed by atoms with van der Waals surface area (Å²) in [5.41, 5.74) is 1.02. The third-order valence-corrected chi connectivity index (χ3v) is 5.01. The molecule has 0 atom stereocenters. The van der Waals surface area contributed by atoms with E-state index in [9.17, 15) is 8.42 Å². The predicted molar refractivity (Wildman–Crippen MR) is 79.3 cm³/mol. The fraction of sp³-hybridized carbons (Fsp3) is 0.538. The number of hydrogen-bond acceptors (Lipinski definition) is 2. The topological polar surface area (TPSA) is 37.4 Å². The minimum absolute atomic E-state index is 0.142. The molecule has 5 heteroatoms. The zero-order valence-corrected chi connectivity index (χ0v) is 13.2. The maximum absolute atomic E-state index is 12.2. The number of rotatable bonds is 7. The van der Waals surface area contributed by atoms with E-state index in [0.717, 1.165) is 5.56 Å². The van der Waals surface area contributed by atoms with Crippen molar-refractivity contribution in [3.8, 4) is 0 Å². The first-order valence-electron chi connectivity index (χ1n) is 6.03. The van der Waals surface area contributed by atoms with Crippen LogP contribution in [0, 0.1) is 5.92 Å². The van der Waals surface area contributed by atoms with Gasteiger partial charge in [-0.25, -0.2) is 8.42 Å². The molecule has 0 N–H and O–H groups in total. The minimum atomic E-state index is -3.18. The number of benzene rings is 1. The van der Waals surface area contributed by atoms with Crippen LogP contribution in [0.5, 0.6) is 0 Å². The van der Waals surface area contributed by atoms with E-state index in [1.54, 1.807) is 4.31 Å². The second kappa shape index (κ2) is 7.26. The molecule has 1 rings (SSSR count). The molecule has 3 nitrogen and oxygen atoms in total. The second-order valence-electron chi connectivity index (χ2n) is 4.68. The molecule has 0 bridgehead atoms. The first kappa shape index (κ1) is 15.7. The van der Waals surface area contributed by atoms with Crippen molar-refractivity contribution in [1.29, 1.82) is 0 Å². The maximum Gasteiger partial charge on any atom is 0.214 e. The zero-order chi connectivity index (χ0) is 13.6. The molecule has 0 amide bonds. The van der Waals surface area contributed by atoms with Crippen molar-refractivity contribution in [3.05, 3.63) is 35.9 Å². The molecular formula is C13H20BrNO2S. The SMILES string of the molecule is CC(C)CS(=O)(=O)N(CCBr)Cc1ccccc1. The number of alkyl halides is 1. The minimum Gasteiger partial charge on any atom is -0.212 e. The van der Waals surface area contributed by atoms with Gasteiger partial charge in [0.2, 0.25) is 10.0 Å². The summed E-state index contributed by atoms with van der Waals surface area (Å²) in [7, 11) is -3.18. The van der Waals surface area contributed by atoms with Crippen LogP contribution in [-0.4, -0.2) is 30.4 Å². The third-order valence-electron chi connectivity index (χ3n) is 2.47. The summed E-state index contributed by atoms with van der Waals surface area (Å²) in [5.74, 6) is 0.343. The highest BCUT2D eigenvalue weighted by atomic mass is 79.9. The highest BCUT2D eigenvalue weighted by Crippen LogP contribution is 2.12. The molecule has 1 aromatic rings. The molecule has 18 heavy (non-hydrogen) atoms. The van der Waals surface area contributed by atoms with E-state index >= 15 is 0 Å². The summed E-state index contributed by atoms with van der Waals surface area (Å²) in [6.45, 7) is 4.80. The van der Waals surface area contributed by atoms with Crippen LogP contribution in [0.25, 0.3) is 0 Å². The molecule has 0 aliphatic rings. The summed E-state index contributed by atoms with van der Waals surface area (Å²) >= 11 is 3.32. The Labute approximate surface area is 118 Å². The Kier molecular flexibility index (Phi) is 6.32. The molecule has 0 aromatic heterocycles. The lowest BCUT2D eigenvalue weighted by Gasteiger charge is -2.22. The standard InChI is InChI=1S/C13H20BrNO2S/c1-12(2)11-18(16,17)15(9-8-14)10-13-6-4-3-5-7-13/h3-7,12H,8-11H2,1-2H3. The average molecular weight is 334 g/mol. The molecular weight excluding hydrogens is 314 g/mol. The lowest BCUT2D eigenvalue weighted by atomic mass is 10.2. The molecule has 0 unspecified atom stereocenters. The van der Waals surface area contributed by atoms with Gasteiger partial charge in [0.15, 0.2) is 0 Å². The molecule has 102 valence electrons. The van der Waals surface area contributed by atoms with Crippen LogP contribution < -0.4 is 0 Å². The first-order chi connectivity index (χ1) is 8.45. The Bertz CT molecular complexity index is 445. The van der Waals surface area contributed by atoms with E-state index in [1.165, 1.54) is 0 Å². The average Bonchev–Trinajstić information content (AvgIpc) is 2.28. The Hall–Kier alpha value is -0.390. The molecule has 0 aliphatic heterocycles. The summed E-state index contributed by atoms with van der Waals surface area (Å²) in [5, 5.41) is 0.650. The van der Waals surface area contributed by atoms with Gasteiger partial charge >= 0.3 is 0 Å². The molecule has 0 heterocycles. The number of halogens is 1. The van der Waals surface area contributed by atoms with Gasteiger partial charge in [0.1, 0.15) is 0 Å². The molecule has 0 aliphatic carbocycles. The summed E-state index contributed by atoms with van der Waals surface area (Å²) < 4.78 is 26.0. The Balaban J connectivity index is 2.83. The van der Waals surface area contributed by atoms with Crippen LogP contribution in [0.4, 0.5) is 0 Å². The molecule has 1 aromatic carbocycles. The summed E-state index contributed by atoms with van der Waals surface area (Å²) in [6, 6.07) is 9.69. The third kappa shape index (κ3) is 5.08. The number of sulfonamides is 1. The summed E-state index contributed by atoms with van der Waals surface area (Å²) in [6.07, 6.45) is 0. The van der Waals surface area contributed by atoms with Crippen LogP contribution in [0.15, 0.2) is 30.3 Å². The molecule has 0 saturated heterocycles. The molecule has 0 saturated carbocycles. The van der Waals surface area contributed by atoms with E-state index in [0.29, 0.717) is 18.4 Å². The first-order valence-corrected chi connectivity index (χ1v) is 8.76. The lowest BCUT2D eigenvalue weighted by molar-refractivity contribution is 0.422. The normalized spacial score (nSPS) is 12.3. The zero-order valence-electron chi connectivity index (χ0n) is 10.8. The van der Waals surface area contributed by atoms with Crippen molar-refractivity contribution in [3.63, 3.8) is 0 Å². The van der Waals surface area contributed by atoms with Crippen molar-refractivity contribution < 1.29 is 8.42 Å². The van der Waals surface area contributed by atoms with Crippen molar-refractivity contribution in [2.24, 2.45) is 5.92 Å². The van der Waals surface area contributed by atoms with Crippen LogP contribution >= 0.6 is 15.9 Å². The highest BCUT2D eigenvalue weighted by Gasteiger charge is 2.22. The van der Waals surface area contributed by atoms with Gasteiger partial charge < -0.3 is 0 Å². The van der Waals surface area contributed by atoms with Gasteiger partial charge in [-0.3, -0.25) is 0 Å². The van der Waals surface area contributed by atoms with Gasteiger partial charge in [0, 0.05) is 18.4 Å². The molecule has 0 spiro atoms. The van der Waals surface area contributed by atoms with Crippen LogP contribution in [-0.2, 0) is 16.6 Å². The quantitative estimate of drug-likeness (QED) is 0.719. The van der Waals surface area contributed by atoms with Gasteiger partial charge in [-0.2, -0.15) is 4.31 Å². The smallest absolute Gasteiger partial charge is 0.212 e. The van der Waals surface area contributed by atoms with E-state index in [1.807, 2.05) is 44.2 Å². The van der Waals surface area contributed by atoms with Crippen molar-refractivity contribution in [1.82, 2.24) is 4.31 Å². The van der Waals surface area contributed by atoms with Gasteiger partial charge in [-0.15, -0.1) is 0 Å².